The van der Waals surface area contributed by atoms with Crippen LogP contribution in [0.2, 0.25) is 0 Å². The van der Waals surface area contributed by atoms with Gasteiger partial charge in [0, 0.05) is 17.1 Å². The molecule has 0 saturated heterocycles. The molecule has 1 amide bonds. The third-order valence-electron chi connectivity index (χ3n) is 3.53. The highest BCUT2D eigenvalue weighted by Gasteiger charge is 2.18. The lowest BCUT2D eigenvalue weighted by Gasteiger charge is -2.10. The van der Waals surface area contributed by atoms with E-state index in [0.717, 1.165) is 11.4 Å². The largest absolute Gasteiger partial charge is 0.325 e. The van der Waals surface area contributed by atoms with Crippen LogP contribution >= 0.6 is 11.8 Å². The van der Waals surface area contributed by atoms with Crippen molar-refractivity contribution < 1.29 is 4.79 Å². The van der Waals surface area contributed by atoms with Crippen LogP contribution in [-0.4, -0.2) is 30.7 Å². The quantitative estimate of drug-likeness (QED) is 0.725. The number of fused-ring (bicyclic) bond motifs is 1. The molecule has 7 nitrogen and oxygen atoms in total. The van der Waals surface area contributed by atoms with E-state index in [1.807, 2.05) is 26.0 Å². The van der Waals surface area contributed by atoms with Crippen molar-refractivity contribution >= 4 is 29.1 Å². The monoisotopic (exact) mass is 352 g/mol. The fraction of sp³-hybridized carbons (Fsp3) is 0.235. The van der Waals surface area contributed by atoms with Gasteiger partial charge >= 0.3 is 0 Å². The van der Waals surface area contributed by atoms with Gasteiger partial charge in [-0.15, -0.1) is 5.10 Å². The highest BCUT2D eigenvalue weighted by Crippen LogP contribution is 2.22. The number of rotatable bonds is 4. The lowest BCUT2D eigenvalue weighted by atomic mass is 10.2. The zero-order valence-corrected chi connectivity index (χ0v) is 14.8. The second kappa shape index (κ2) is 6.91. The average molecular weight is 352 g/mol. The van der Waals surface area contributed by atoms with E-state index in [2.05, 4.69) is 20.4 Å². The lowest BCUT2D eigenvalue weighted by molar-refractivity contribution is -0.115. The Morgan fingerprint density at radius 2 is 2.00 bits per heavy atom. The summed E-state index contributed by atoms with van der Waals surface area (Å²) < 4.78 is 1.67. The molecular weight excluding hydrogens is 336 g/mol. The molecule has 3 rings (SSSR count). The van der Waals surface area contributed by atoms with Gasteiger partial charge in [-0.05, 0) is 51.1 Å². The second-order valence-corrected chi connectivity index (χ2v) is 6.89. The summed E-state index contributed by atoms with van der Waals surface area (Å²) in [4.78, 5) is 21.0. The molecule has 3 aromatic rings. The highest BCUT2D eigenvalue weighted by molar-refractivity contribution is 8.00. The first kappa shape index (κ1) is 16.9. The first-order valence-electron chi connectivity index (χ1n) is 7.65. The van der Waals surface area contributed by atoms with Crippen molar-refractivity contribution in [3.8, 4) is 6.07 Å². The predicted octanol–water partition coefficient (Wildman–Crippen LogP) is 2.73. The van der Waals surface area contributed by atoms with Crippen molar-refractivity contribution in [2.45, 2.75) is 31.2 Å². The number of aryl methyl sites for hydroxylation is 2. The topological polar surface area (TPSA) is 96.0 Å². The van der Waals surface area contributed by atoms with Crippen LogP contribution in [0.15, 0.2) is 35.5 Å². The third kappa shape index (κ3) is 3.78. The first-order chi connectivity index (χ1) is 12.0. The lowest BCUT2D eigenvalue weighted by Crippen LogP contribution is -2.22. The highest BCUT2D eigenvalue weighted by atomic mass is 32.2. The maximum absolute atomic E-state index is 12.3. The van der Waals surface area contributed by atoms with E-state index in [0.29, 0.717) is 22.2 Å². The molecular formula is C17H16N6OS. The van der Waals surface area contributed by atoms with Crippen LogP contribution in [0.1, 0.15) is 23.9 Å². The third-order valence-corrected chi connectivity index (χ3v) is 4.48. The normalized spacial score (nSPS) is 11.9. The van der Waals surface area contributed by atoms with Crippen molar-refractivity contribution in [2.24, 2.45) is 0 Å². The van der Waals surface area contributed by atoms with Gasteiger partial charge in [0.15, 0.2) is 0 Å². The molecule has 126 valence electrons. The van der Waals surface area contributed by atoms with Crippen molar-refractivity contribution in [3.05, 3.63) is 47.3 Å². The number of hydrogen-bond acceptors (Lipinski definition) is 6. The van der Waals surface area contributed by atoms with E-state index in [-0.39, 0.29) is 11.2 Å². The summed E-state index contributed by atoms with van der Waals surface area (Å²) in [5.41, 5.74) is 3.01. The van der Waals surface area contributed by atoms with E-state index < -0.39 is 0 Å². The molecule has 2 aromatic heterocycles. The van der Waals surface area contributed by atoms with Gasteiger partial charge in [0.25, 0.3) is 5.78 Å². The predicted molar refractivity (Wildman–Crippen MR) is 95.4 cm³/mol. The fourth-order valence-electron chi connectivity index (χ4n) is 2.28. The maximum atomic E-state index is 12.3. The number of benzene rings is 1. The molecule has 0 unspecified atom stereocenters. The van der Waals surface area contributed by atoms with E-state index >= 15 is 0 Å². The first-order valence-corrected chi connectivity index (χ1v) is 8.53. The molecule has 0 radical (unpaired) electrons. The standard InChI is InChI=1S/C17H16N6OS/c1-10-8-11(2)23-16(19-10)21-17(22-23)25-12(3)15(24)20-14-6-4-13(9-18)5-7-14/h4-8,12H,1-3H3,(H,20,24)/t12-/m1/s1. The summed E-state index contributed by atoms with van der Waals surface area (Å²) in [6.07, 6.45) is 0. The van der Waals surface area contributed by atoms with Gasteiger partial charge in [-0.2, -0.15) is 10.2 Å². The summed E-state index contributed by atoms with van der Waals surface area (Å²) in [6, 6.07) is 10.7. The molecule has 1 aromatic carbocycles. The summed E-state index contributed by atoms with van der Waals surface area (Å²) in [5.74, 6) is 0.370. The average Bonchev–Trinajstić information content (AvgIpc) is 2.98. The van der Waals surface area contributed by atoms with Gasteiger partial charge < -0.3 is 5.32 Å². The number of amides is 1. The van der Waals surface area contributed by atoms with Crippen LogP contribution in [0.25, 0.3) is 5.78 Å². The van der Waals surface area contributed by atoms with Gasteiger partial charge in [0.05, 0.1) is 16.9 Å². The number of nitrogens with one attached hydrogen (secondary N) is 1. The Bertz CT molecular complexity index is 973. The Balaban J connectivity index is 1.70. The van der Waals surface area contributed by atoms with Crippen molar-refractivity contribution in [2.75, 3.05) is 5.32 Å². The van der Waals surface area contributed by atoms with Crippen molar-refractivity contribution in [1.82, 2.24) is 19.6 Å². The minimum absolute atomic E-state index is 0.158. The molecule has 1 atom stereocenters. The molecule has 0 spiro atoms. The fourth-order valence-corrected chi connectivity index (χ4v) is 3.03. The smallest absolute Gasteiger partial charge is 0.253 e. The Morgan fingerprint density at radius 1 is 1.28 bits per heavy atom. The SMILES string of the molecule is Cc1cc(C)n2nc(S[C@H](C)C(=O)Nc3ccc(C#N)cc3)nc2n1. The van der Waals surface area contributed by atoms with Crippen LogP contribution in [0.5, 0.6) is 0 Å². The van der Waals surface area contributed by atoms with Crippen LogP contribution in [-0.2, 0) is 4.79 Å². The molecule has 0 aliphatic heterocycles. The minimum atomic E-state index is -0.380. The molecule has 0 aliphatic carbocycles. The van der Waals surface area contributed by atoms with E-state index in [1.165, 1.54) is 11.8 Å². The van der Waals surface area contributed by atoms with Gasteiger partial charge in [-0.25, -0.2) is 9.50 Å². The number of carbonyl (C=O) groups excluding carboxylic acids is 1. The van der Waals surface area contributed by atoms with Gasteiger partial charge in [-0.1, -0.05) is 11.8 Å². The summed E-state index contributed by atoms with van der Waals surface area (Å²) >= 11 is 1.27. The molecule has 1 N–H and O–H groups in total. The van der Waals surface area contributed by atoms with Crippen molar-refractivity contribution in [1.29, 1.82) is 5.26 Å². The van der Waals surface area contributed by atoms with Gasteiger partial charge in [-0.3, -0.25) is 4.79 Å². The van der Waals surface area contributed by atoms with Crippen LogP contribution in [0, 0.1) is 25.2 Å². The Labute approximate surface area is 149 Å². The van der Waals surface area contributed by atoms with E-state index in [9.17, 15) is 4.79 Å². The Morgan fingerprint density at radius 3 is 2.68 bits per heavy atom. The second-order valence-electron chi connectivity index (χ2n) is 5.58. The molecule has 0 fully saturated rings. The number of hydrogen-bond donors (Lipinski definition) is 1. The Hall–Kier alpha value is -2.92. The number of carbonyl (C=O) groups is 1. The number of thioether (sulfide) groups is 1. The number of anilines is 1. The molecule has 2 heterocycles. The maximum Gasteiger partial charge on any atom is 0.253 e. The van der Waals surface area contributed by atoms with Crippen molar-refractivity contribution in [3.63, 3.8) is 0 Å². The number of nitriles is 1. The van der Waals surface area contributed by atoms with Crippen LogP contribution < -0.4 is 5.32 Å². The summed E-state index contributed by atoms with van der Waals surface area (Å²) in [6.45, 7) is 5.63. The van der Waals surface area contributed by atoms with Crippen LogP contribution in [0.3, 0.4) is 0 Å². The molecule has 0 bridgehead atoms. The Kier molecular flexibility index (Phi) is 4.67. The zero-order chi connectivity index (χ0) is 18.0. The van der Waals surface area contributed by atoms with Gasteiger partial charge in [0.2, 0.25) is 11.1 Å². The summed E-state index contributed by atoms with van der Waals surface area (Å²) in [5, 5.41) is 16.1. The summed E-state index contributed by atoms with van der Waals surface area (Å²) in [7, 11) is 0. The number of nitrogens with zero attached hydrogens (tertiary/aromatic N) is 5. The minimum Gasteiger partial charge on any atom is -0.325 e. The van der Waals surface area contributed by atoms with Crippen LogP contribution in [0.4, 0.5) is 5.69 Å². The van der Waals surface area contributed by atoms with E-state index in [1.54, 1.807) is 35.7 Å². The molecule has 25 heavy (non-hydrogen) atoms. The molecule has 0 saturated carbocycles. The zero-order valence-electron chi connectivity index (χ0n) is 14.0. The molecule has 0 aliphatic rings. The molecule has 8 heteroatoms. The van der Waals surface area contributed by atoms with Gasteiger partial charge in [0.1, 0.15) is 0 Å². The number of aromatic nitrogens is 4. The van der Waals surface area contributed by atoms with E-state index in [4.69, 9.17) is 5.26 Å².